The SMILES string of the molecule is I.NS(=O)(=O)c1ccc(CNC2=NCCCN2)cc1. The number of hydrogen-bond donors (Lipinski definition) is 3. The molecule has 0 atom stereocenters. The topological polar surface area (TPSA) is 96.6 Å². The zero-order chi connectivity index (χ0) is 13.0. The van der Waals surface area contributed by atoms with Crippen molar-refractivity contribution in [3.63, 3.8) is 0 Å². The fourth-order valence-corrected chi connectivity index (χ4v) is 2.15. The molecule has 0 saturated heterocycles. The Balaban J connectivity index is 0.00000180. The number of nitrogens with zero attached hydrogens (tertiary/aromatic N) is 1. The number of guanidine groups is 1. The highest BCUT2D eigenvalue weighted by atomic mass is 127. The van der Waals surface area contributed by atoms with E-state index in [1.165, 1.54) is 12.1 Å². The maximum absolute atomic E-state index is 11.1. The average molecular weight is 396 g/mol. The van der Waals surface area contributed by atoms with E-state index >= 15 is 0 Å². The van der Waals surface area contributed by atoms with Crippen LogP contribution >= 0.6 is 24.0 Å². The number of rotatable bonds is 3. The van der Waals surface area contributed by atoms with E-state index in [0.29, 0.717) is 6.54 Å². The summed E-state index contributed by atoms with van der Waals surface area (Å²) < 4.78 is 22.2. The number of primary sulfonamides is 1. The van der Waals surface area contributed by atoms with Gasteiger partial charge in [-0.25, -0.2) is 13.6 Å². The van der Waals surface area contributed by atoms with Crippen molar-refractivity contribution in [2.45, 2.75) is 17.9 Å². The second-order valence-corrected chi connectivity index (χ2v) is 5.61. The van der Waals surface area contributed by atoms with Gasteiger partial charge in [-0.2, -0.15) is 0 Å². The Morgan fingerprint density at radius 1 is 1.32 bits per heavy atom. The van der Waals surface area contributed by atoms with E-state index in [2.05, 4.69) is 15.6 Å². The molecule has 2 rings (SSSR count). The summed E-state index contributed by atoms with van der Waals surface area (Å²) in [6.45, 7) is 2.35. The predicted molar refractivity (Wildman–Crippen MR) is 85.0 cm³/mol. The lowest BCUT2D eigenvalue weighted by atomic mass is 10.2. The standard InChI is InChI=1S/C11H16N4O2S.HI/c12-18(16,17)10-4-2-9(3-5-10)8-15-11-13-6-1-7-14-11;/h2-5H,1,6-8H2,(H2,12,16,17)(H2,13,14,15);1H. The Hall–Kier alpha value is -0.870. The fourth-order valence-electron chi connectivity index (χ4n) is 1.63. The molecule has 1 aliphatic rings. The molecule has 0 bridgehead atoms. The van der Waals surface area contributed by atoms with Crippen molar-refractivity contribution in [1.82, 2.24) is 10.6 Å². The van der Waals surface area contributed by atoms with Crippen LogP contribution in [0.4, 0.5) is 0 Å². The largest absolute Gasteiger partial charge is 0.356 e. The fraction of sp³-hybridized carbons (Fsp3) is 0.364. The molecule has 1 aromatic rings. The molecule has 1 aliphatic heterocycles. The monoisotopic (exact) mass is 396 g/mol. The summed E-state index contributed by atoms with van der Waals surface area (Å²) in [5.74, 6) is 0.789. The molecule has 0 radical (unpaired) electrons. The minimum Gasteiger partial charge on any atom is -0.356 e. The van der Waals surface area contributed by atoms with Gasteiger partial charge in [0, 0.05) is 19.6 Å². The summed E-state index contributed by atoms with van der Waals surface area (Å²) >= 11 is 0. The molecule has 4 N–H and O–H groups in total. The number of sulfonamides is 1. The van der Waals surface area contributed by atoms with E-state index in [1.54, 1.807) is 12.1 Å². The van der Waals surface area contributed by atoms with Crippen LogP contribution in [0, 0.1) is 0 Å². The number of halogens is 1. The Kier molecular flexibility index (Phi) is 6.01. The van der Waals surface area contributed by atoms with Crippen LogP contribution in [0.3, 0.4) is 0 Å². The van der Waals surface area contributed by atoms with Crippen LogP contribution in [0.2, 0.25) is 0 Å². The molecule has 0 aromatic heterocycles. The third kappa shape index (κ3) is 4.96. The van der Waals surface area contributed by atoms with Gasteiger partial charge in [0.05, 0.1) is 4.90 Å². The third-order valence-electron chi connectivity index (χ3n) is 2.61. The van der Waals surface area contributed by atoms with Gasteiger partial charge >= 0.3 is 0 Å². The summed E-state index contributed by atoms with van der Waals surface area (Å²) in [7, 11) is -3.61. The second-order valence-electron chi connectivity index (χ2n) is 4.05. The summed E-state index contributed by atoms with van der Waals surface area (Å²) in [6, 6.07) is 6.47. The van der Waals surface area contributed by atoms with Gasteiger partial charge in [-0.15, -0.1) is 24.0 Å². The third-order valence-corrected chi connectivity index (χ3v) is 3.54. The smallest absolute Gasteiger partial charge is 0.238 e. The van der Waals surface area contributed by atoms with Crippen LogP contribution in [-0.2, 0) is 16.6 Å². The highest BCUT2D eigenvalue weighted by molar-refractivity contribution is 14.0. The van der Waals surface area contributed by atoms with E-state index in [-0.39, 0.29) is 28.9 Å². The molecule has 19 heavy (non-hydrogen) atoms. The first-order valence-electron chi connectivity index (χ1n) is 5.70. The molecular formula is C11H17IN4O2S. The first kappa shape index (κ1) is 16.2. The quantitative estimate of drug-likeness (QED) is 0.645. The van der Waals surface area contributed by atoms with Crippen LogP contribution in [0.1, 0.15) is 12.0 Å². The van der Waals surface area contributed by atoms with Crippen molar-refractivity contribution >= 4 is 40.0 Å². The zero-order valence-corrected chi connectivity index (χ0v) is 13.4. The normalized spacial score (nSPS) is 14.9. The van der Waals surface area contributed by atoms with E-state index < -0.39 is 10.0 Å². The van der Waals surface area contributed by atoms with E-state index in [0.717, 1.165) is 31.0 Å². The molecule has 0 amide bonds. The van der Waals surface area contributed by atoms with Gasteiger partial charge in [-0.3, -0.25) is 4.99 Å². The van der Waals surface area contributed by atoms with Crippen molar-refractivity contribution in [3.8, 4) is 0 Å². The maximum Gasteiger partial charge on any atom is 0.238 e. The van der Waals surface area contributed by atoms with Gasteiger partial charge in [0.2, 0.25) is 10.0 Å². The number of aliphatic imine (C=N–C) groups is 1. The Morgan fingerprint density at radius 2 is 2.00 bits per heavy atom. The van der Waals surface area contributed by atoms with E-state index in [4.69, 9.17) is 5.14 Å². The van der Waals surface area contributed by atoms with Crippen LogP contribution in [-0.4, -0.2) is 27.5 Å². The molecule has 8 heteroatoms. The maximum atomic E-state index is 11.1. The van der Waals surface area contributed by atoms with Gasteiger partial charge in [0.1, 0.15) is 0 Å². The lowest BCUT2D eigenvalue weighted by Crippen LogP contribution is -2.40. The molecular weight excluding hydrogens is 379 g/mol. The van der Waals surface area contributed by atoms with Crippen molar-refractivity contribution in [2.75, 3.05) is 13.1 Å². The molecule has 0 saturated carbocycles. The van der Waals surface area contributed by atoms with Crippen LogP contribution in [0.15, 0.2) is 34.2 Å². The van der Waals surface area contributed by atoms with Crippen LogP contribution in [0.5, 0.6) is 0 Å². The first-order chi connectivity index (χ1) is 8.55. The number of hydrogen-bond acceptors (Lipinski definition) is 5. The van der Waals surface area contributed by atoms with E-state index in [1.807, 2.05) is 0 Å². The summed E-state index contributed by atoms with van der Waals surface area (Å²) in [6.07, 6.45) is 1.05. The Morgan fingerprint density at radius 3 is 2.53 bits per heavy atom. The highest BCUT2D eigenvalue weighted by Gasteiger charge is 2.07. The molecule has 0 spiro atoms. The van der Waals surface area contributed by atoms with Gasteiger partial charge in [-0.1, -0.05) is 12.1 Å². The zero-order valence-electron chi connectivity index (χ0n) is 10.3. The van der Waals surface area contributed by atoms with Gasteiger partial charge < -0.3 is 10.6 Å². The highest BCUT2D eigenvalue weighted by Crippen LogP contribution is 2.08. The number of benzene rings is 1. The number of nitrogens with two attached hydrogens (primary N) is 1. The molecule has 6 nitrogen and oxygen atoms in total. The van der Waals surface area contributed by atoms with Crippen molar-refractivity contribution in [2.24, 2.45) is 10.1 Å². The Bertz CT molecular complexity index is 542. The van der Waals surface area contributed by atoms with Gasteiger partial charge in [-0.05, 0) is 24.1 Å². The summed E-state index contributed by atoms with van der Waals surface area (Å²) in [4.78, 5) is 4.40. The average Bonchev–Trinajstić information content (AvgIpc) is 2.37. The molecule has 1 heterocycles. The van der Waals surface area contributed by atoms with Crippen molar-refractivity contribution in [3.05, 3.63) is 29.8 Å². The van der Waals surface area contributed by atoms with Crippen molar-refractivity contribution in [1.29, 1.82) is 0 Å². The molecule has 106 valence electrons. The van der Waals surface area contributed by atoms with Gasteiger partial charge in [0.15, 0.2) is 5.96 Å². The summed E-state index contributed by atoms with van der Waals surface area (Å²) in [5.41, 5.74) is 0.970. The predicted octanol–water partition coefficient (Wildman–Crippen LogP) is 0.391. The lowest BCUT2D eigenvalue weighted by Gasteiger charge is -2.16. The van der Waals surface area contributed by atoms with E-state index in [9.17, 15) is 8.42 Å². The molecule has 1 aromatic carbocycles. The molecule has 0 aliphatic carbocycles. The van der Waals surface area contributed by atoms with Crippen molar-refractivity contribution < 1.29 is 8.42 Å². The van der Waals surface area contributed by atoms with Crippen LogP contribution in [0.25, 0.3) is 0 Å². The first-order valence-corrected chi connectivity index (χ1v) is 7.24. The second kappa shape index (κ2) is 7.06. The molecule has 0 fully saturated rings. The molecule has 0 unspecified atom stereocenters. The summed E-state index contributed by atoms with van der Waals surface area (Å²) in [5, 5.41) is 11.3. The Labute approximate surface area is 129 Å². The number of nitrogens with one attached hydrogen (secondary N) is 2. The lowest BCUT2D eigenvalue weighted by molar-refractivity contribution is 0.597. The minimum absolute atomic E-state index is 0. The van der Waals surface area contributed by atoms with Crippen LogP contribution < -0.4 is 15.8 Å². The minimum atomic E-state index is -3.61. The van der Waals surface area contributed by atoms with Gasteiger partial charge in [0.25, 0.3) is 0 Å².